The Hall–Kier alpha value is -2.65. The van der Waals surface area contributed by atoms with Gasteiger partial charge in [-0.3, -0.25) is 0 Å². The zero-order valence-corrected chi connectivity index (χ0v) is 14.3. The molecule has 0 amide bonds. The van der Waals surface area contributed by atoms with E-state index in [1.807, 2.05) is 48.5 Å². The van der Waals surface area contributed by atoms with Crippen LogP contribution in [0.5, 0.6) is 5.75 Å². The van der Waals surface area contributed by atoms with Gasteiger partial charge < -0.3 is 10.1 Å². The molecule has 0 saturated carbocycles. The average molecular weight is 335 g/mol. The van der Waals surface area contributed by atoms with Crippen molar-refractivity contribution in [1.82, 2.24) is 5.32 Å². The Bertz CT molecular complexity index is 804. The lowest BCUT2D eigenvalue weighted by atomic mass is 10.1. The molecule has 3 rings (SSSR count). The quantitative estimate of drug-likeness (QED) is 0.636. The van der Waals surface area contributed by atoms with Crippen molar-refractivity contribution >= 4 is 0 Å². The van der Waals surface area contributed by atoms with E-state index in [4.69, 9.17) is 4.74 Å². The highest BCUT2D eigenvalue weighted by Crippen LogP contribution is 2.21. The predicted octanol–water partition coefficient (Wildman–Crippen LogP) is 5.26. The van der Waals surface area contributed by atoms with Gasteiger partial charge in [0.1, 0.15) is 18.2 Å². The van der Waals surface area contributed by atoms with E-state index < -0.39 is 0 Å². The van der Waals surface area contributed by atoms with Gasteiger partial charge in [0.25, 0.3) is 0 Å². The van der Waals surface area contributed by atoms with Crippen LogP contribution in [0.3, 0.4) is 0 Å². The Morgan fingerprint density at radius 1 is 0.840 bits per heavy atom. The monoisotopic (exact) mass is 335 g/mol. The van der Waals surface area contributed by atoms with Crippen LogP contribution >= 0.6 is 0 Å². The Morgan fingerprint density at radius 2 is 1.48 bits per heavy atom. The maximum Gasteiger partial charge on any atom is 0.129 e. The Balaban J connectivity index is 1.64. The first kappa shape index (κ1) is 17.2. The van der Waals surface area contributed by atoms with Crippen molar-refractivity contribution in [2.24, 2.45) is 0 Å². The van der Waals surface area contributed by atoms with Crippen molar-refractivity contribution in [1.29, 1.82) is 0 Å². The molecular weight excluding hydrogens is 313 g/mol. The van der Waals surface area contributed by atoms with E-state index in [2.05, 4.69) is 24.4 Å². The third kappa shape index (κ3) is 4.68. The van der Waals surface area contributed by atoms with Crippen LogP contribution in [0.15, 0.2) is 78.9 Å². The third-order valence-corrected chi connectivity index (χ3v) is 4.21. The van der Waals surface area contributed by atoms with Crippen LogP contribution in [0.2, 0.25) is 0 Å². The molecule has 0 fully saturated rings. The lowest BCUT2D eigenvalue weighted by molar-refractivity contribution is 0.295. The van der Waals surface area contributed by atoms with Gasteiger partial charge in [0.05, 0.1) is 0 Å². The first-order valence-electron chi connectivity index (χ1n) is 8.46. The zero-order valence-electron chi connectivity index (χ0n) is 14.3. The number of ether oxygens (including phenoxy) is 1. The number of rotatable bonds is 7. The van der Waals surface area contributed by atoms with Crippen LogP contribution in [0.4, 0.5) is 4.39 Å². The summed E-state index contributed by atoms with van der Waals surface area (Å²) in [6.07, 6.45) is 0. The first-order valence-corrected chi connectivity index (χ1v) is 8.46. The lowest BCUT2D eigenvalue weighted by Crippen LogP contribution is -2.18. The highest BCUT2D eigenvalue weighted by Gasteiger charge is 2.08. The molecule has 0 aliphatic carbocycles. The normalized spacial score (nSPS) is 11.9. The second-order valence-corrected chi connectivity index (χ2v) is 6.00. The van der Waals surface area contributed by atoms with Crippen molar-refractivity contribution in [3.8, 4) is 5.75 Å². The summed E-state index contributed by atoms with van der Waals surface area (Å²) >= 11 is 0. The average Bonchev–Trinajstić information content (AvgIpc) is 2.67. The van der Waals surface area contributed by atoms with Gasteiger partial charge in [-0.2, -0.15) is 0 Å². The van der Waals surface area contributed by atoms with Gasteiger partial charge in [-0.25, -0.2) is 4.39 Å². The molecule has 0 heterocycles. The van der Waals surface area contributed by atoms with Gasteiger partial charge in [0, 0.05) is 23.7 Å². The largest absolute Gasteiger partial charge is 0.488 e. The number of hydrogen-bond acceptors (Lipinski definition) is 2. The molecule has 0 saturated heterocycles. The molecule has 1 unspecified atom stereocenters. The third-order valence-electron chi connectivity index (χ3n) is 4.21. The molecule has 0 aromatic heterocycles. The lowest BCUT2D eigenvalue weighted by Gasteiger charge is -2.16. The fourth-order valence-corrected chi connectivity index (χ4v) is 2.68. The van der Waals surface area contributed by atoms with Crippen LogP contribution in [0.25, 0.3) is 0 Å². The predicted molar refractivity (Wildman–Crippen MR) is 98.9 cm³/mol. The summed E-state index contributed by atoms with van der Waals surface area (Å²) in [5, 5.41) is 3.51. The molecule has 2 nitrogen and oxygen atoms in total. The Labute approximate surface area is 148 Å². The Morgan fingerprint density at radius 3 is 2.24 bits per heavy atom. The maximum atomic E-state index is 13.7. The second-order valence-electron chi connectivity index (χ2n) is 6.00. The molecule has 3 aromatic carbocycles. The first-order chi connectivity index (χ1) is 12.2. The Kier molecular flexibility index (Phi) is 5.81. The maximum absolute atomic E-state index is 13.7. The van der Waals surface area contributed by atoms with Gasteiger partial charge in [0.15, 0.2) is 0 Å². The summed E-state index contributed by atoms with van der Waals surface area (Å²) in [4.78, 5) is 0. The number of nitrogens with one attached hydrogen (secondary N) is 1. The molecule has 0 spiro atoms. The molecular formula is C22H22FNO. The SMILES string of the molecule is CC(NCc1ccccc1OCc1ccccc1F)c1ccccc1. The fourth-order valence-electron chi connectivity index (χ4n) is 2.68. The minimum absolute atomic E-state index is 0.220. The van der Waals surface area contributed by atoms with Gasteiger partial charge in [0.2, 0.25) is 0 Å². The molecule has 25 heavy (non-hydrogen) atoms. The summed E-state index contributed by atoms with van der Waals surface area (Å²) in [7, 11) is 0. The van der Waals surface area contributed by atoms with Crippen LogP contribution in [-0.2, 0) is 13.2 Å². The van der Waals surface area contributed by atoms with E-state index in [0.717, 1.165) is 11.3 Å². The van der Waals surface area contributed by atoms with Crippen molar-refractivity contribution in [3.05, 3.63) is 101 Å². The molecule has 3 aromatic rings. The molecule has 128 valence electrons. The van der Waals surface area contributed by atoms with Crippen molar-refractivity contribution in [2.75, 3.05) is 0 Å². The van der Waals surface area contributed by atoms with Gasteiger partial charge in [-0.05, 0) is 24.6 Å². The van der Waals surface area contributed by atoms with Crippen molar-refractivity contribution in [3.63, 3.8) is 0 Å². The van der Waals surface area contributed by atoms with Crippen LogP contribution in [-0.4, -0.2) is 0 Å². The van der Waals surface area contributed by atoms with Crippen molar-refractivity contribution in [2.45, 2.75) is 26.1 Å². The number of benzene rings is 3. The molecule has 0 aliphatic heterocycles. The van der Waals surface area contributed by atoms with Crippen LogP contribution in [0, 0.1) is 5.82 Å². The van der Waals surface area contributed by atoms with Gasteiger partial charge in [-0.1, -0.05) is 66.7 Å². The van der Waals surface area contributed by atoms with Crippen LogP contribution < -0.4 is 10.1 Å². The highest BCUT2D eigenvalue weighted by atomic mass is 19.1. The summed E-state index contributed by atoms with van der Waals surface area (Å²) < 4.78 is 19.6. The number of para-hydroxylation sites is 1. The topological polar surface area (TPSA) is 21.3 Å². The van der Waals surface area contributed by atoms with E-state index in [0.29, 0.717) is 12.1 Å². The molecule has 0 bridgehead atoms. The van der Waals surface area contributed by atoms with Gasteiger partial charge >= 0.3 is 0 Å². The summed E-state index contributed by atoms with van der Waals surface area (Å²) in [5.74, 6) is 0.536. The van der Waals surface area contributed by atoms with E-state index in [1.54, 1.807) is 12.1 Å². The fraction of sp³-hybridized carbons (Fsp3) is 0.182. The van der Waals surface area contributed by atoms with E-state index >= 15 is 0 Å². The minimum atomic E-state index is -0.240. The van der Waals surface area contributed by atoms with Crippen LogP contribution in [0.1, 0.15) is 29.7 Å². The standard InChI is InChI=1S/C22H22FNO/c1-17(18-9-3-2-4-10-18)24-15-19-11-6-8-14-22(19)25-16-20-12-5-7-13-21(20)23/h2-14,17,24H,15-16H2,1H3. The summed E-state index contributed by atoms with van der Waals surface area (Å²) in [6.45, 7) is 3.04. The molecule has 3 heteroatoms. The molecule has 1 atom stereocenters. The summed E-state index contributed by atoms with van der Waals surface area (Å²) in [5.41, 5.74) is 2.86. The number of hydrogen-bond donors (Lipinski definition) is 1. The van der Waals surface area contributed by atoms with E-state index in [1.165, 1.54) is 11.6 Å². The second kappa shape index (κ2) is 8.45. The van der Waals surface area contributed by atoms with E-state index in [-0.39, 0.29) is 18.5 Å². The summed E-state index contributed by atoms with van der Waals surface area (Å²) in [6, 6.07) is 25.1. The zero-order chi connectivity index (χ0) is 17.5. The highest BCUT2D eigenvalue weighted by molar-refractivity contribution is 5.34. The van der Waals surface area contributed by atoms with E-state index in [9.17, 15) is 4.39 Å². The number of halogens is 1. The smallest absolute Gasteiger partial charge is 0.129 e. The van der Waals surface area contributed by atoms with Gasteiger partial charge in [-0.15, -0.1) is 0 Å². The molecule has 0 aliphatic rings. The van der Waals surface area contributed by atoms with Crippen molar-refractivity contribution < 1.29 is 9.13 Å². The molecule has 0 radical (unpaired) electrons. The minimum Gasteiger partial charge on any atom is -0.488 e. The molecule has 1 N–H and O–H groups in total.